The molecule has 3 aromatic carbocycles. The van der Waals surface area contributed by atoms with E-state index in [0.29, 0.717) is 21.9 Å². The Hall–Kier alpha value is -4.81. The van der Waals surface area contributed by atoms with Gasteiger partial charge in [-0.15, -0.1) is 22.0 Å². The van der Waals surface area contributed by atoms with Crippen molar-refractivity contribution in [1.29, 1.82) is 0 Å². The molecule has 6 rings (SSSR count). The molecule has 1 unspecified atom stereocenters. The molecule has 0 bridgehead atoms. The van der Waals surface area contributed by atoms with Gasteiger partial charge in [0.15, 0.2) is 11.8 Å². The number of carbonyl (C=O) groups is 3. The minimum absolute atomic E-state index is 0.0360. The average Bonchev–Trinajstić information content (AvgIpc) is 3.51. The summed E-state index contributed by atoms with van der Waals surface area (Å²) in [4.78, 5) is 47.5. The number of esters is 1. The molecule has 1 fully saturated rings. The molecule has 0 aliphatic carbocycles. The van der Waals surface area contributed by atoms with Crippen LogP contribution in [-0.2, 0) is 24.0 Å². The van der Waals surface area contributed by atoms with Crippen LogP contribution in [0.4, 0.5) is 0 Å². The van der Waals surface area contributed by atoms with Gasteiger partial charge in [-0.25, -0.2) is 4.79 Å². The highest BCUT2D eigenvalue weighted by molar-refractivity contribution is 8.00. The molecule has 2 amide bonds. The predicted molar refractivity (Wildman–Crippen MR) is 167 cm³/mol. The van der Waals surface area contributed by atoms with Gasteiger partial charge < -0.3 is 14.9 Å². The molecule has 2 aliphatic heterocycles. The molecule has 0 spiro atoms. The molecule has 222 valence electrons. The summed E-state index contributed by atoms with van der Waals surface area (Å²) in [5.41, 5.74) is 2.81. The fraction of sp³-hybridized carbons (Fsp3) is 0.188. The van der Waals surface area contributed by atoms with Crippen molar-refractivity contribution in [2.45, 2.75) is 24.4 Å². The summed E-state index contributed by atoms with van der Waals surface area (Å²) in [5.74, 6) is -1.32. The summed E-state index contributed by atoms with van der Waals surface area (Å²) in [6.45, 7) is 1.82. The van der Waals surface area contributed by atoms with Gasteiger partial charge in [0.2, 0.25) is 0 Å². The number of amides is 2. The first kappa shape index (κ1) is 29.3. The normalized spacial score (nSPS) is 18.0. The molecule has 1 N–H and O–H groups in total. The number of β-lactam (4-membered cyclic amide) rings is 1. The molecule has 3 heterocycles. The number of ether oxygens (including phenoxy) is 1. The highest BCUT2D eigenvalue weighted by atomic mass is 32.2. The number of aryl methyl sites for hydroxylation is 1. The number of benzene rings is 3. The molecule has 12 heteroatoms. The van der Waals surface area contributed by atoms with Crippen molar-refractivity contribution in [2.75, 3.05) is 12.9 Å². The second-order valence-corrected chi connectivity index (χ2v) is 12.2. The van der Waals surface area contributed by atoms with Crippen LogP contribution in [0, 0.1) is 6.92 Å². The first-order valence-electron chi connectivity index (χ1n) is 13.7. The Morgan fingerprint density at radius 3 is 2.14 bits per heavy atom. The SMILES string of the molecule is CO/N=C(/C(=O)NC1C(=O)N2C(C(=O)OC(c3ccccc3)c3ccccc3)=C(c3nnc(C)s3)CS[C@H]12)c1ccccc1. The minimum atomic E-state index is -0.891. The second-order valence-electron chi connectivity index (χ2n) is 9.91. The van der Waals surface area contributed by atoms with Crippen LogP contribution in [0.25, 0.3) is 5.57 Å². The Labute approximate surface area is 261 Å². The minimum Gasteiger partial charge on any atom is -0.448 e. The summed E-state index contributed by atoms with van der Waals surface area (Å²) in [5, 5.41) is 15.8. The van der Waals surface area contributed by atoms with E-state index in [0.717, 1.165) is 16.1 Å². The van der Waals surface area contributed by atoms with E-state index >= 15 is 0 Å². The van der Waals surface area contributed by atoms with Gasteiger partial charge in [0, 0.05) is 16.9 Å². The Morgan fingerprint density at radius 1 is 0.955 bits per heavy atom. The first-order chi connectivity index (χ1) is 21.5. The van der Waals surface area contributed by atoms with Crippen LogP contribution < -0.4 is 5.32 Å². The number of nitrogens with one attached hydrogen (secondary N) is 1. The summed E-state index contributed by atoms with van der Waals surface area (Å²) in [6.07, 6.45) is -0.714. The van der Waals surface area contributed by atoms with Gasteiger partial charge >= 0.3 is 5.97 Å². The number of fused-ring (bicyclic) bond motifs is 1. The Morgan fingerprint density at radius 2 is 1.57 bits per heavy atom. The summed E-state index contributed by atoms with van der Waals surface area (Å²) in [7, 11) is 1.35. The number of carbonyl (C=O) groups excluding carboxylic acids is 3. The van der Waals surface area contributed by atoms with E-state index in [1.807, 2.05) is 73.7 Å². The second kappa shape index (κ2) is 12.8. The molecular formula is C32H27N5O5S2. The van der Waals surface area contributed by atoms with Crippen molar-refractivity contribution < 1.29 is 24.0 Å². The molecule has 1 aromatic heterocycles. The van der Waals surface area contributed by atoms with Crippen LogP contribution in [0.2, 0.25) is 0 Å². The van der Waals surface area contributed by atoms with Crippen molar-refractivity contribution in [3.05, 3.63) is 123 Å². The Kier molecular flexibility index (Phi) is 8.53. The van der Waals surface area contributed by atoms with Crippen LogP contribution in [0.15, 0.2) is 102 Å². The summed E-state index contributed by atoms with van der Waals surface area (Å²) in [6, 6.07) is 26.8. The number of oxime groups is 1. The van der Waals surface area contributed by atoms with Gasteiger partial charge in [0.25, 0.3) is 11.8 Å². The van der Waals surface area contributed by atoms with Gasteiger partial charge in [-0.05, 0) is 18.1 Å². The van der Waals surface area contributed by atoms with E-state index in [1.165, 1.54) is 35.1 Å². The van der Waals surface area contributed by atoms with Crippen molar-refractivity contribution in [3.8, 4) is 0 Å². The van der Waals surface area contributed by atoms with Gasteiger partial charge in [0.1, 0.15) is 34.2 Å². The number of nitrogens with zero attached hydrogens (tertiary/aromatic N) is 4. The quantitative estimate of drug-likeness (QED) is 0.126. The van der Waals surface area contributed by atoms with Gasteiger partial charge in [-0.2, -0.15) is 0 Å². The van der Waals surface area contributed by atoms with E-state index < -0.39 is 35.3 Å². The Bertz CT molecular complexity index is 1700. The Balaban J connectivity index is 1.31. The number of hydrogen-bond donors (Lipinski definition) is 1. The lowest BCUT2D eigenvalue weighted by molar-refractivity contribution is -0.154. The third-order valence-corrected chi connectivity index (χ3v) is 9.29. The van der Waals surface area contributed by atoms with E-state index in [4.69, 9.17) is 9.57 Å². The van der Waals surface area contributed by atoms with E-state index in [9.17, 15) is 14.4 Å². The van der Waals surface area contributed by atoms with Crippen LogP contribution in [0.3, 0.4) is 0 Å². The molecule has 1 saturated heterocycles. The van der Waals surface area contributed by atoms with E-state index in [2.05, 4.69) is 20.7 Å². The molecule has 0 saturated carbocycles. The highest BCUT2D eigenvalue weighted by Crippen LogP contribution is 2.44. The lowest BCUT2D eigenvalue weighted by atomic mass is 10.0. The topological polar surface area (TPSA) is 123 Å². The van der Waals surface area contributed by atoms with Gasteiger partial charge in [-0.1, -0.05) is 107 Å². The van der Waals surface area contributed by atoms with Gasteiger partial charge in [0.05, 0.1) is 0 Å². The molecule has 2 aliphatic rings. The number of aromatic nitrogens is 2. The molecule has 0 radical (unpaired) electrons. The zero-order valence-electron chi connectivity index (χ0n) is 23.7. The fourth-order valence-electron chi connectivity index (χ4n) is 5.06. The molecule has 4 aromatic rings. The predicted octanol–water partition coefficient (Wildman–Crippen LogP) is 4.34. The van der Waals surface area contributed by atoms with E-state index in [-0.39, 0.29) is 11.4 Å². The smallest absolute Gasteiger partial charge is 0.356 e. The zero-order chi connectivity index (χ0) is 30.6. The maximum Gasteiger partial charge on any atom is 0.356 e. The van der Waals surface area contributed by atoms with Gasteiger partial charge in [-0.3, -0.25) is 14.5 Å². The van der Waals surface area contributed by atoms with Crippen molar-refractivity contribution in [1.82, 2.24) is 20.4 Å². The first-order valence-corrected chi connectivity index (χ1v) is 15.6. The monoisotopic (exact) mass is 625 g/mol. The van der Waals surface area contributed by atoms with Crippen LogP contribution in [-0.4, -0.2) is 62.9 Å². The number of hydrogen-bond acceptors (Lipinski definition) is 10. The highest BCUT2D eigenvalue weighted by Gasteiger charge is 2.55. The van der Waals surface area contributed by atoms with Crippen molar-refractivity contribution in [3.63, 3.8) is 0 Å². The molecule has 2 atom stereocenters. The van der Waals surface area contributed by atoms with Crippen molar-refractivity contribution in [2.24, 2.45) is 5.16 Å². The average molecular weight is 626 g/mol. The third-order valence-electron chi connectivity index (χ3n) is 7.11. The van der Waals surface area contributed by atoms with Crippen molar-refractivity contribution >= 4 is 52.2 Å². The van der Waals surface area contributed by atoms with Crippen LogP contribution in [0.5, 0.6) is 0 Å². The maximum atomic E-state index is 14.1. The van der Waals surface area contributed by atoms with E-state index in [1.54, 1.807) is 24.3 Å². The lowest BCUT2D eigenvalue weighted by Gasteiger charge is -2.49. The lowest BCUT2D eigenvalue weighted by Crippen LogP contribution is -2.71. The summed E-state index contributed by atoms with van der Waals surface area (Å²) < 4.78 is 6.20. The van der Waals surface area contributed by atoms with Crippen LogP contribution >= 0.6 is 23.1 Å². The number of rotatable bonds is 9. The fourth-order valence-corrected chi connectivity index (χ4v) is 7.23. The maximum absolute atomic E-state index is 14.1. The van der Waals surface area contributed by atoms with Crippen LogP contribution in [0.1, 0.15) is 32.8 Å². The number of thioether (sulfide) groups is 1. The zero-order valence-corrected chi connectivity index (χ0v) is 25.4. The largest absolute Gasteiger partial charge is 0.448 e. The molecular weight excluding hydrogens is 599 g/mol. The molecule has 10 nitrogen and oxygen atoms in total. The summed E-state index contributed by atoms with van der Waals surface area (Å²) >= 11 is 2.76. The standard InChI is InChI=1S/C32H27N5O5S2/c1-19-34-35-29(44-19)23-18-43-31-25(33-28(38)24(36-41-2)20-12-6-3-7-13-20)30(39)37(31)26(23)32(40)42-27(21-14-8-4-9-15-21)22-16-10-5-11-17-22/h3-17,25,27,31H,18H2,1-2H3,(H,33,38)/b36-24+/t25?,31-/m1/s1. The third kappa shape index (κ3) is 5.73. The molecule has 44 heavy (non-hydrogen) atoms.